The molecule has 4 rings (SSSR count). The van der Waals surface area contributed by atoms with Gasteiger partial charge in [0.05, 0.1) is 4.90 Å². The van der Waals surface area contributed by atoms with Gasteiger partial charge in [0.1, 0.15) is 19.0 Å². The third-order valence-corrected chi connectivity index (χ3v) is 6.13. The van der Waals surface area contributed by atoms with Crippen molar-refractivity contribution in [2.24, 2.45) is 0 Å². The molecular weight excluding hydrogens is 431 g/mol. The highest BCUT2D eigenvalue weighted by atomic mass is 35.5. The Morgan fingerprint density at radius 3 is 2.57 bits per heavy atom. The molecule has 30 heavy (non-hydrogen) atoms. The van der Waals surface area contributed by atoms with Gasteiger partial charge in [-0.2, -0.15) is 8.42 Å². The average Bonchev–Trinajstić information content (AvgIpc) is 2.72. The average molecular weight is 449 g/mol. The molecule has 0 saturated carbocycles. The Kier molecular flexibility index (Phi) is 5.69. The number of aryl methyl sites for hydroxylation is 1. The first-order chi connectivity index (χ1) is 14.3. The van der Waals surface area contributed by atoms with Gasteiger partial charge in [0.15, 0.2) is 17.6 Å². The first-order valence-corrected chi connectivity index (χ1v) is 11.0. The van der Waals surface area contributed by atoms with Gasteiger partial charge in [-0.05, 0) is 31.2 Å². The van der Waals surface area contributed by atoms with Crippen LogP contribution >= 0.6 is 11.6 Å². The summed E-state index contributed by atoms with van der Waals surface area (Å²) in [5, 5.41) is 0.368. The minimum atomic E-state index is -3.95. The van der Waals surface area contributed by atoms with Crippen LogP contribution in [0.2, 0.25) is 5.02 Å². The molecule has 0 fully saturated rings. The van der Waals surface area contributed by atoms with Crippen LogP contribution in [0, 0.1) is 12.7 Å². The Bertz CT molecular complexity index is 1180. The van der Waals surface area contributed by atoms with Crippen molar-refractivity contribution in [3.05, 3.63) is 77.1 Å². The lowest BCUT2D eigenvalue weighted by atomic mass is 10.0. The van der Waals surface area contributed by atoms with Crippen LogP contribution in [0.25, 0.3) is 11.1 Å². The van der Waals surface area contributed by atoms with Crippen LogP contribution in [0.15, 0.2) is 65.6 Å². The Morgan fingerprint density at radius 2 is 1.83 bits per heavy atom. The van der Waals surface area contributed by atoms with Gasteiger partial charge in [-0.25, -0.2) is 4.39 Å². The van der Waals surface area contributed by atoms with E-state index in [-0.39, 0.29) is 23.9 Å². The monoisotopic (exact) mass is 448 g/mol. The third-order valence-electron chi connectivity index (χ3n) is 4.61. The maximum Gasteiger partial charge on any atom is 0.297 e. The fourth-order valence-electron chi connectivity index (χ4n) is 3.08. The lowest BCUT2D eigenvalue weighted by Gasteiger charge is -2.28. The largest absolute Gasteiger partial charge is 0.486 e. The van der Waals surface area contributed by atoms with Crippen molar-refractivity contribution in [1.29, 1.82) is 0 Å². The number of hydrogen-bond acceptors (Lipinski definition) is 5. The highest BCUT2D eigenvalue weighted by molar-refractivity contribution is 7.86. The molecule has 0 unspecified atom stereocenters. The summed E-state index contributed by atoms with van der Waals surface area (Å²) in [5.41, 5.74) is 1.66. The van der Waals surface area contributed by atoms with E-state index in [1.807, 2.05) is 6.92 Å². The van der Waals surface area contributed by atoms with Crippen molar-refractivity contribution in [3.8, 4) is 22.6 Å². The molecule has 0 aromatic heterocycles. The lowest BCUT2D eigenvalue weighted by molar-refractivity contribution is 0.0561. The van der Waals surface area contributed by atoms with Crippen LogP contribution in [0.5, 0.6) is 11.5 Å². The summed E-state index contributed by atoms with van der Waals surface area (Å²) < 4.78 is 56.0. The fourth-order valence-corrected chi connectivity index (χ4v) is 4.23. The molecule has 0 N–H and O–H groups in total. The zero-order chi connectivity index (χ0) is 21.3. The van der Waals surface area contributed by atoms with E-state index in [2.05, 4.69) is 0 Å². The summed E-state index contributed by atoms with van der Waals surface area (Å²) in [6.07, 6.45) is -0.704. The number of benzene rings is 3. The second-order valence-corrected chi connectivity index (χ2v) is 8.91. The molecule has 0 bridgehead atoms. The van der Waals surface area contributed by atoms with Crippen LogP contribution in [0.3, 0.4) is 0 Å². The molecule has 0 amide bonds. The minimum Gasteiger partial charge on any atom is -0.486 e. The highest BCUT2D eigenvalue weighted by Gasteiger charge is 2.28. The number of fused-ring (bicyclic) bond motifs is 1. The van der Waals surface area contributed by atoms with Crippen molar-refractivity contribution in [2.45, 2.75) is 17.9 Å². The molecule has 5 nitrogen and oxygen atoms in total. The molecule has 1 atom stereocenters. The Morgan fingerprint density at radius 1 is 1.10 bits per heavy atom. The molecule has 3 aromatic carbocycles. The van der Waals surface area contributed by atoms with E-state index in [1.165, 1.54) is 18.2 Å². The van der Waals surface area contributed by atoms with Crippen LogP contribution in [-0.2, 0) is 14.3 Å². The molecule has 0 radical (unpaired) electrons. The first-order valence-electron chi connectivity index (χ1n) is 9.17. The van der Waals surface area contributed by atoms with E-state index < -0.39 is 22.0 Å². The van der Waals surface area contributed by atoms with E-state index in [0.717, 1.165) is 5.56 Å². The summed E-state index contributed by atoms with van der Waals surface area (Å²) in [4.78, 5) is 0.0593. The van der Waals surface area contributed by atoms with Crippen molar-refractivity contribution in [3.63, 3.8) is 0 Å². The highest BCUT2D eigenvalue weighted by Crippen LogP contribution is 2.44. The quantitative estimate of drug-likeness (QED) is 0.514. The van der Waals surface area contributed by atoms with E-state index in [0.29, 0.717) is 21.9 Å². The zero-order valence-corrected chi connectivity index (χ0v) is 17.5. The lowest BCUT2D eigenvalue weighted by Crippen LogP contribution is -2.34. The van der Waals surface area contributed by atoms with Crippen LogP contribution in [-0.4, -0.2) is 27.7 Å². The number of rotatable bonds is 5. The standard InChI is InChI=1S/C22H18ClFO5S/c1-14-6-8-17(9-7-14)30(25,26)28-13-16-12-27-21-11-15(23)10-19(22(21)29-16)18-4-2-3-5-20(18)24/h2-11,16H,12-13H2,1H3/t16-/m1/s1. The maximum absolute atomic E-state index is 14.4. The topological polar surface area (TPSA) is 61.8 Å². The predicted molar refractivity (Wildman–Crippen MR) is 111 cm³/mol. The van der Waals surface area contributed by atoms with Gasteiger partial charge in [0, 0.05) is 22.2 Å². The number of ether oxygens (including phenoxy) is 2. The van der Waals surface area contributed by atoms with Gasteiger partial charge in [0.2, 0.25) is 0 Å². The molecule has 156 valence electrons. The van der Waals surface area contributed by atoms with Crippen LogP contribution < -0.4 is 9.47 Å². The van der Waals surface area contributed by atoms with E-state index >= 15 is 0 Å². The SMILES string of the molecule is Cc1ccc(S(=O)(=O)OC[C@H]2COc3cc(Cl)cc(-c4ccccc4F)c3O2)cc1. The summed E-state index contributed by atoms with van der Waals surface area (Å²) in [6.45, 7) is 1.67. The maximum atomic E-state index is 14.4. The van der Waals surface area contributed by atoms with Gasteiger partial charge in [-0.1, -0.05) is 47.5 Å². The molecule has 1 aliphatic heterocycles. The summed E-state index contributed by atoms with van der Waals surface area (Å²) in [5.74, 6) is 0.210. The van der Waals surface area contributed by atoms with Crippen LogP contribution in [0.4, 0.5) is 4.39 Å². The number of hydrogen-bond donors (Lipinski definition) is 0. The van der Waals surface area contributed by atoms with Crippen molar-refractivity contribution < 1.29 is 26.5 Å². The normalized spacial score (nSPS) is 15.8. The molecule has 0 spiro atoms. The van der Waals surface area contributed by atoms with Crippen molar-refractivity contribution in [1.82, 2.24) is 0 Å². The summed E-state index contributed by atoms with van der Waals surface area (Å²) in [7, 11) is -3.95. The van der Waals surface area contributed by atoms with E-state index in [9.17, 15) is 12.8 Å². The molecule has 3 aromatic rings. The van der Waals surface area contributed by atoms with Gasteiger partial charge in [-0.15, -0.1) is 0 Å². The van der Waals surface area contributed by atoms with Crippen LogP contribution in [0.1, 0.15) is 5.56 Å². The molecular formula is C22H18ClFO5S. The summed E-state index contributed by atoms with van der Waals surface area (Å²) in [6, 6.07) is 15.7. The first kappa shape index (κ1) is 20.7. The molecule has 1 aliphatic rings. The second kappa shape index (κ2) is 8.26. The Balaban J connectivity index is 1.56. The molecule has 8 heteroatoms. The molecule has 0 saturated heterocycles. The summed E-state index contributed by atoms with van der Waals surface area (Å²) >= 11 is 6.16. The molecule has 1 heterocycles. The van der Waals surface area contributed by atoms with E-state index in [1.54, 1.807) is 42.5 Å². The zero-order valence-electron chi connectivity index (χ0n) is 16.0. The fraction of sp³-hybridized carbons (Fsp3) is 0.182. The van der Waals surface area contributed by atoms with Gasteiger partial charge in [-0.3, -0.25) is 4.18 Å². The molecule has 0 aliphatic carbocycles. The number of halogens is 2. The van der Waals surface area contributed by atoms with Gasteiger partial charge in [0.25, 0.3) is 10.1 Å². The van der Waals surface area contributed by atoms with Gasteiger partial charge < -0.3 is 9.47 Å². The second-order valence-electron chi connectivity index (χ2n) is 6.86. The van der Waals surface area contributed by atoms with Crippen molar-refractivity contribution >= 4 is 21.7 Å². The Labute approximate surface area is 179 Å². The van der Waals surface area contributed by atoms with E-state index in [4.69, 9.17) is 25.3 Å². The third kappa shape index (κ3) is 4.28. The minimum absolute atomic E-state index is 0.0593. The predicted octanol–water partition coefficient (Wildman–Crippen LogP) is 5.00. The van der Waals surface area contributed by atoms with Crippen molar-refractivity contribution in [2.75, 3.05) is 13.2 Å². The smallest absolute Gasteiger partial charge is 0.297 e. The van der Waals surface area contributed by atoms with Gasteiger partial charge >= 0.3 is 0 Å². The Hall–Kier alpha value is -2.61.